The number of ether oxygens (including phenoxy) is 1. The van der Waals surface area contributed by atoms with Crippen LogP contribution in [0.15, 0.2) is 5.38 Å². The van der Waals surface area contributed by atoms with Gasteiger partial charge in [0.15, 0.2) is 0 Å². The third-order valence-corrected chi connectivity index (χ3v) is 4.79. The first-order chi connectivity index (χ1) is 9.80. The Kier molecular flexibility index (Phi) is 10.3. The number of unbranched alkanes of at least 4 members (excludes halogenated alkanes) is 2. The summed E-state index contributed by atoms with van der Waals surface area (Å²) in [5, 5.41) is 3.26. The predicted molar refractivity (Wildman–Crippen MR) is 88.7 cm³/mol. The highest BCUT2D eigenvalue weighted by atomic mass is 35.5. The molecule has 1 unspecified atom stereocenters. The summed E-state index contributed by atoms with van der Waals surface area (Å²) >= 11 is 7.47. The first-order valence-corrected chi connectivity index (χ1v) is 9.28. The van der Waals surface area contributed by atoms with Gasteiger partial charge < -0.3 is 4.74 Å². The number of hydrogen-bond donors (Lipinski definition) is 0. The summed E-state index contributed by atoms with van der Waals surface area (Å²) in [4.78, 5) is 4.47. The smallest absolute Gasteiger partial charge is 0.0928 e. The molecule has 0 saturated heterocycles. The molecular formula is C16H28ClNOS. The van der Waals surface area contributed by atoms with Crippen LogP contribution in [-0.2, 0) is 17.0 Å². The molecule has 4 heteroatoms. The van der Waals surface area contributed by atoms with Crippen molar-refractivity contribution < 1.29 is 4.74 Å². The number of hydrogen-bond acceptors (Lipinski definition) is 3. The molecule has 20 heavy (non-hydrogen) atoms. The van der Waals surface area contributed by atoms with Gasteiger partial charge >= 0.3 is 0 Å². The summed E-state index contributed by atoms with van der Waals surface area (Å²) < 4.78 is 5.81. The van der Waals surface area contributed by atoms with Gasteiger partial charge in [-0.05, 0) is 31.6 Å². The maximum Gasteiger partial charge on any atom is 0.0928 e. The molecule has 116 valence electrons. The molecule has 0 spiro atoms. The molecular weight excluding hydrogens is 290 g/mol. The summed E-state index contributed by atoms with van der Waals surface area (Å²) in [6, 6.07) is 0. The minimum atomic E-state index is 0.524. The molecule has 2 nitrogen and oxygen atoms in total. The van der Waals surface area contributed by atoms with Crippen molar-refractivity contribution in [1.82, 2.24) is 4.98 Å². The van der Waals surface area contributed by atoms with E-state index >= 15 is 0 Å². The fraction of sp³-hybridized carbons (Fsp3) is 0.812. The SMILES string of the molecule is CCCCC(CC)COCCCCc1nc(CCl)cs1. The average Bonchev–Trinajstić information content (AvgIpc) is 2.93. The molecule has 0 fully saturated rings. The number of thiazole rings is 1. The highest BCUT2D eigenvalue weighted by molar-refractivity contribution is 7.09. The van der Waals surface area contributed by atoms with Gasteiger partial charge in [0.25, 0.3) is 0 Å². The van der Waals surface area contributed by atoms with E-state index in [2.05, 4.69) is 24.2 Å². The minimum absolute atomic E-state index is 0.524. The third-order valence-electron chi connectivity index (χ3n) is 3.56. The van der Waals surface area contributed by atoms with Gasteiger partial charge in [0.05, 0.1) is 16.6 Å². The standard InChI is InChI=1S/C16H28ClNOS/c1-3-5-8-14(4-2)12-19-10-7-6-9-16-18-15(11-17)13-20-16/h13-14H,3-12H2,1-2H3. The van der Waals surface area contributed by atoms with Crippen LogP contribution in [0.3, 0.4) is 0 Å². The van der Waals surface area contributed by atoms with Crippen LogP contribution in [0.1, 0.15) is 63.1 Å². The summed E-state index contributed by atoms with van der Waals surface area (Å²) in [5.41, 5.74) is 1.00. The van der Waals surface area contributed by atoms with Crippen LogP contribution < -0.4 is 0 Å². The van der Waals surface area contributed by atoms with Gasteiger partial charge in [0.2, 0.25) is 0 Å². The lowest BCUT2D eigenvalue weighted by atomic mass is 10.0. The molecule has 0 amide bonds. The van der Waals surface area contributed by atoms with Gasteiger partial charge in [-0.15, -0.1) is 22.9 Å². The van der Waals surface area contributed by atoms with Crippen molar-refractivity contribution >= 4 is 22.9 Å². The summed E-state index contributed by atoms with van der Waals surface area (Å²) in [5.74, 6) is 1.27. The maximum absolute atomic E-state index is 5.81. The second-order valence-corrected chi connectivity index (χ2v) is 6.52. The van der Waals surface area contributed by atoms with Gasteiger partial charge in [-0.1, -0.05) is 33.1 Å². The minimum Gasteiger partial charge on any atom is -0.381 e. The molecule has 1 rings (SSSR count). The van der Waals surface area contributed by atoms with Crippen molar-refractivity contribution in [3.05, 3.63) is 16.1 Å². The molecule has 0 aliphatic heterocycles. The van der Waals surface area contributed by atoms with E-state index in [1.807, 2.05) is 0 Å². The molecule has 1 atom stereocenters. The number of aromatic nitrogens is 1. The number of alkyl halides is 1. The van der Waals surface area contributed by atoms with Crippen molar-refractivity contribution in [3.63, 3.8) is 0 Å². The normalized spacial score (nSPS) is 12.8. The number of rotatable bonds is 12. The lowest BCUT2D eigenvalue weighted by molar-refractivity contribution is 0.0912. The topological polar surface area (TPSA) is 22.1 Å². The van der Waals surface area contributed by atoms with Crippen molar-refractivity contribution in [2.75, 3.05) is 13.2 Å². The van der Waals surface area contributed by atoms with E-state index in [4.69, 9.17) is 16.3 Å². The van der Waals surface area contributed by atoms with Crippen LogP contribution in [0.2, 0.25) is 0 Å². The zero-order chi connectivity index (χ0) is 14.6. The number of aryl methyl sites for hydroxylation is 1. The molecule has 1 aromatic rings. The Balaban J connectivity index is 2.01. The highest BCUT2D eigenvalue weighted by Crippen LogP contribution is 2.15. The summed E-state index contributed by atoms with van der Waals surface area (Å²) in [6.07, 6.45) is 8.50. The molecule has 0 aliphatic rings. The van der Waals surface area contributed by atoms with Crippen LogP contribution in [-0.4, -0.2) is 18.2 Å². The monoisotopic (exact) mass is 317 g/mol. The van der Waals surface area contributed by atoms with E-state index < -0.39 is 0 Å². The van der Waals surface area contributed by atoms with E-state index in [9.17, 15) is 0 Å². The summed E-state index contributed by atoms with van der Waals surface area (Å²) in [7, 11) is 0. The van der Waals surface area contributed by atoms with Crippen LogP contribution in [0.25, 0.3) is 0 Å². The molecule has 0 aromatic carbocycles. The van der Waals surface area contributed by atoms with Crippen molar-refractivity contribution in [2.24, 2.45) is 5.92 Å². The van der Waals surface area contributed by atoms with Crippen LogP contribution in [0.4, 0.5) is 0 Å². The van der Waals surface area contributed by atoms with Gasteiger partial charge in [-0.3, -0.25) is 0 Å². The first-order valence-electron chi connectivity index (χ1n) is 7.87. The van der Waals surface area contributed by atoms with Gasteiger partial charge in [-0.2, -0.15) is 0 Å². The predicted octanol–water partition coefficient (Wildman–Crippen LogP) is 5.44. The lowest BCUT2D eigenvalue weighted by Gasteiger charge is -2.14. The molecule has 1 aromatic heterocycles. The Labute approximate surface area is 132 Å². The van der Waals surface area contributed by atoms with E-state index in [-0.39, 0.29) is 0 Å². The first kappa shape index (κ1) is 17.9. The van der Waals surface area contributed by atoms with E-state index in [0.29, 0.717) is 5.88 Å². The zero-order valence-corrected chi connectivity index (χ0v) is 14.4. The average molecular weight is 318 g/mol. The fourth-order valence-corrected chi connectivity index (χ4v) is 3.22. The number of nitrogens with zero attached hydrogens (tertiary/aromatic N) is 1. The largest absolute Gasteiger partial charge is 0.381 e. The highest BCUT2D eigenvalue weighted by Gasteiger charge is 2.06. The molecule has 1 heterocycles. The Morgan fingerprint density at radius 3 is 2.80 bits per heavy atom. The van der Waals surface area contributed by atoms with Crippen molar-refractivity contribution in [1.29, 1.82) is 0 Å². The Hall–Kier alpha value is -0.120. The van der Waals surface area contributed by atoms with Crippen molar-refractivity contribution in [3.8, 4) is 0 Å². The molecule has 0 radical (unpaired) electrons. The number of halogens is 1. The van der Waals surface area contributed by atoms with Crippen LogP contribution in [0.5, 0.6) is 0 Å². The van der Waals surface area contributed by atoms with Gasteiger partial charge in [0.1, 0.15) is 0 Å². The third kappa shape index (κ3) is 7.61. The van der Waals surface area contributed by atoms with Gasteiger partial charge in [0, 0.05) is 18.6 Å². The lowest BCUT2D eigenvalue weighted by Crippen LogP contribution is -2.09. The van der Waals surface area contributed by atoms with E-state index in [1.54, 1.807) is 11.3 Å². The zero-order valence-electron chi connectivity index (χ0n) is 12.9. The van der Waals surface area contributed by atoms with E-state index in [1.165, 1.54) is 30.7 Å². The fourth-order valence-electron chi connectivity index (χ4n) is 2.15. The van der Waals surface area contributed by atoms with Crippen LogP contribution >= 0.6 is 22.9 Å². The molecule has 0 aliphatic carbocycles. The molecule has 0 bridgehead atoms. The second-order valence-electron chi connectivity index (χ2n) is 5.31. The Bertz CT molecular complexity index is 343. The van der Waals surface area contributed by atoms with E-state index in [0.717, 1.165) is 44.1 Å². The summed E-state index contributed by atoms with van der Waals surface area (Å²) in [6.45, 7) is 6.34. The maximum atomic E-state index is 5.81. The van der Waals surface area contributed by atoms with Crippen molar-refractivity contribution in [2.45, 2.75) is 64.7 Å². The Morgan fingerprint density at radius 1 is 1.30 bits per heavy atom. The second kappa shape index (κ2) is 11.5. The molecule has 0 saturated carbocycles. The quantitative estimate of drug-likeness (QED) is 0.378. The van der Waals surface area contributed by atoms with Gasteiger partial charge in [-0.25, -0.2) is 4.98 Å². The Morgan fingerprint density at radius 2 is 2.15 bits per heavy atom. The van der Waals surface area contributed by atoms with Crippen LogP contribution in [0, 0.1) is 5.92 Å². The molecule has 0 N–H and O–H groups in total.